The van der Waals surface area contributed by atoms with E-state index in [4.69, 9.17) is 5.84 Å². The van der Waals surface area contributed by atoms with Crippen LogP contribution in [0.1, 0.15) is 0 Å². The summed E-state index contributed by atoms with van der Waals surface area (Å²) in [4.78, 5) is 22.9. The third-order valence-electron chi connectivity index (χ3n) is 2.22. The van der Waals surface area contributed by atoms with Crippen molar-refractivity contribution in [1.29, 1.82) is 0 Å². The van der Waals surface area contributed by atoms with Gasteiger partial charge in [-0.3, -0.25) is 10.2 Å². The highest BCUT2D eigenvalue weighted by molar-refractivity contribution is 5.74. The molecule has 0 aliphatic rings. The number of nitrogens with zero attached hydrogens (tertiary/aromatic N) is 3. The molecular formula is C10H11N5O2. The summed E-state index contributed by atoms with van der Waals surface area (Å²) < 4.78 is 2.39. The number of hydrogen-bond acceptors (Lipinski definition) is 4. The van der Waals surface area contributed by atoms with Crippen molar-refractivity contribution in [3.63, 3.8) is 0 Å². The molecule has 0 saturated carbocycles. The topological polar surface area (TPSA) is 94.9 Å². The van der Waals surface area contributed by atoms with Gasteiger partial charge in [0, 0.05) is 0 Å². The Morgan fingerprint density at radius 3 is 2.71 bits per heavy atom. The van der Waals surface area contributed by atoms with Crippen LogP contribution in [-0.4, -0.2) is 20.3 Å². The smallest absolute Gasteiger partial charge is 0.293 e. The normalized spacial score (nSPS) is 10.2. The van der Waals surface area contributed by atoms with Crippen LogP contribution < -0.4 is 17.0 Å². The van der Waals surface area contributed by atoms with Crippen LogP contribution in [-0.2, 0) is 11.3 Å². The van der Waals surface area contributed by atoms with Gasteiger partial charge in [0.15, 0.2) is 0 Å². The van der Waals surface area contributed by atoms with E-state index in [1.54, 1.807) is 12.1 Å². The van der Waals surface area contributed by atoms with Crippen LogP contribution in [0.3, 0.4) is 0 Å². The van der Waals surface area contributed by atoms with Crippen LogP contribution in [0.25, 0.3) is 5.69 Å². The summed E-state index contributed by atoms with van der Waals surface area (Å²) in [5.74, 6) is 4.46. The van der Waals surface area contributed by atoms with Crippen molar-refractivity contribution in [3.05, 3.63) is 47.1 Å². The molecule has 0 saturated heterocycles. The van der Waals surface area contributed by atoms with E-state index in [1.165, 1.54) is 10.9 Å². The van der Waals surface area contributed by atoms with Crippen molar-refractivity contribution in [2.75, 3.05) is 0 Å². The third-order valence-corrected chi connectivity index (χ3v) is 2.22. The van der Waals surface area contributed by atoms with Gasteiger partial charge >= 0.3 is 5.69 Å². The zero-order chi connectivity index (χ0) is 12.3. The predicted octanol–water partition coefficient (Wildman–Crippen LogP) is -0.976. The van der Waals surface area contributed by atoms with E-state index in [1.807, 2.05) is 23.6 Å². The largest absolute Gasteiger partial charge is 0.350 e. The molecule has 3 N–H and O–H groups in total. The molecule has 1 aromatic carbocycles. The second-order valence-electron chi connectivity index (χ2n) is 3.34. The number of benzene rings is 1. The maximum Gasteiger partial charge on any atom is 0.350 e. The minimum atomic E-state index is -0.481. The van der Waals surface area contributed by atoms with E-state index >= 15 is 0 Å². The van der Waals surface area contributed by atoms with Crippen LogP contribution in [0.15, 0.2) is 41.5 Å². The zero-order valence-corrected chi connectivity index (χ0v) is 8.91. The first-order chi connectivity index (χ1) is 8.22. The summed E-state index contributed by atoms with van der Waals surface area (Å²) in [5.41, 5.74) is 2.24. The van der Waals surface area contributed by atoms with Crippen LogP contribution in [0, 0.1) is 0 Å². The number of para-hydroxylation sites is 1. The lowest BCUT2D eigenvalue weighted by molar-refractivity contribution is -0.121. The standard InChI is InChI=1S/C10H11N5O2/c11-13-9(16)6-15-10(17)14(7-12-15)8-4-2-1-3-5-8/h1-5,7H,6,11H2,(H,13,16). The van der Waals surface area contributed by atoms with Gasteiger partial charge in [0.05, 0.1) is 5.69 Å². The number of nitrogens with one attached hydrogen (secondary N) is 1. The summed E-state index contributed by atoms with van der Waals surface area (Å²) in [6.45, 7) is -0.199. The molecule has 2 aromatic rings. The molecule has 0 aliphatic carbocycles. The number of nitrogens with two attached hydrogens (primary N) is 1. The average molecular weight is 233 g/mol. The fraction of sp³-hybridized carbons (Fsp3) is 0.100. The van der Waals surface area contributed by atoms with E-state index in [9.17, 15) is 9.59 Å². The van der Waals surface area contributed by atoms with E-state index < -0.39 is 5.91 Å². The molecule has 0 aliphatic heterocycles. The maximum atomic E-state index is 11.9. The first-order valence-electron chi connectivity index (χ1n) is 4.91. The number of carbonyl (C=O) groups is 1. The molecule has 7 nitrogen and oxygen atoms in total. The molecule has 88 valence electrons. The molecule has 0 spiro atoms. The van der Waals surface area contributed by atoms with E-state index in [2.05, 4.69) is 5.10 Å². The molecule has 2 rings (SSSR count). The summed E-state index contributed by atoms with van der Waals surface area (Å²) in [6.07, 6.45) is 1.36. The minimum absolute atomic E-state index is 0.199. The molecular weight excluding hydrogens is 222 g/mol. The van der Waals surface area contributed by atoms with Crippen molar-refractivity contribution in [2.45, 2.75) is 6.54 Å². The average Bonchev–Trinajstić information content (AvgIpc) is 2.72. The molecule has 1 aromatic heterocycles. The summed E-state index contributed by atoms with van der Waals surface area (Å²) in [7, 11) is 0. The number of aromatic nitrogens is 3. The van der Waals surface area contributed by atoms with E-state index in [0.29, 0.717) is 5.69 Å². The molecule has 0 unspecified atom stereocenters. The molecule has 7 heteroatoms. The van der Waals surface area contributed by atoms with Gasteiger partial charge < -0.3 is 0 Å². The van der Waals surface area contributed by atoms with Gasteiger partial charge in [0.1, 0.15) is 12.9 Å². The van der Waals surface area contributed by atoms with Crippen LogP contribution in [0.2, 0.25) is 0 Å². The van der Waals surface area contributed by atoms with Gasteiger partial charge in [-0.05, 0) is 12.1 Å². The van der Waals surface area contributed by atoms with Gasteiger partial charge in [-0.25, -0.2) is 19.9 Å². The summed E-state index contributed by atoms with van der Waals surface area (Å²) in [5, 5.41) is 3.83. The second kappa shape index (κ2) is 4.62. The molecule has 0 radical (unpaired) electrons. The van der Waals surface area contributed by atoms with Crippen LogP contribution in [0.4, 0.5) is 0 Å². The number of hydrazine groups is 1. The summed E-state index contributed by atoms with van der Waals surface area (Å²) in [6, 6.07) is 9.02. The number of carbonyl (C=O) groups excluding carboxylic acids is 1. The first kappa shape index (κ1) is 11.1. The van der Waals surface area contributed by atoms with Gasteiger partial charge in [0.25, 0.3) is 5.91 Å². The van der Waals surface area contributed by atoms with E-state index in [-0.39, 0.29) is 12.2 Å². The quantitative estimate of drug-likeness (QED) is 0.405. The second-order valence-corrected chi connectivity index (χ2v) is 3.34. The van der Waals surface area contributed by atoms with Crippen molar-refractivity contribution in [3.8, 4) is 5.69 Å². The minimum Gasteiger partial charge on any atom is -0.293 e. The van der Waals surface area contributed by atoms with Crippen LogP contribution >= 0.6 is 0 Å². The fourth-order valence-corrected chi connectivity index (χ4v) is 1.39. The van der Waals surface area contributed by atoms with Crippen molar-refractivity contribution < 1.29 is 4.79 Å². The summed E-state index contributed by atoms with van der Waals surface area (Å²) >= 11 is 0. The molecule has 1 heterocycles. The Hall–Kier alpha value is -2.41. The monoisotopic (exact) mass is 233 g/mol. The predicted molar refractivity (Wildman–Crippen MR) is 60.2 cm³/mol. The van der Waals surface area contributed by atoms with Crippen molar-refractivity contribution >= 4 is 5.91 Å². The Kier molecular flexibility index (Phi) is 3.01. The highest BCUT2D eigenvalue weighted by Crippen LogP contribution is 2.01. The highest BCUT2D eigenvalue weighted by atomic mass is 16.2. The number of hydrogen-bond donors (Lipinski definition) is 2. The Morgan fingerprint density at radius 2 is 2.06 bits per heavy atom. The molecule has 1 amide bonds. The lowest BCUT2D eigenvalue weighted by Crippen LogP contribution is -2.36. The lowest BCUT2D eigenvalue weighted by atomic mass is 10.3. The molecule has 0 bridgehead atoms. The molecule has 0 fully saturated rings. The van der Waals surface area contributed by atoms with E-state index in [0.717, 1.165) is 4.68 Å². The molecule has 17 heavy (non-hydrogen) atoms. The highest BCUT2D eigenvalue weighted by Gasteiger charge is 2.09. The Bertz CT molecular complexity index is 572. The van der Waals surface area contributed by atoms with Gasteiger partial charge in [-0.2, -0.15) is 5.10 Å². The van der Waals surface area contributed by atoms with Gasteiger partial charge in [0.2, 0.25) is 0 Å². The van der Waals surface area contributed by atoms with Gasteiger partial charge in [-0.1, -0.05) is 18.2 Å². The first-order valence-corrected chi connectivity index (χ1v) is 4.91. The Labute approximate surface area is 96.4 Å². The Morgan fingerprint density at radius 1 is 1.35 bits per heavy atom. The van der Waals surface area contributed by atoms with Crippen LogP contribution in [0.5, 0.6) is 0 Å². The van der Waals surface area contributed by atoms with Gasteiger partial charge in [-0.15, -0.1) is 0 Å². The Balaban J connectivity index is 2.34. The number of amides is 1. The maximum absolute atomic E-state index is 11.9. The number of rotatable bonds is 3. The van der Waals surface area contributed by atoms with Crippen molar-refractivity contribution in [1.82, 2.24) is 19.8 Å². The SMILES string of the molecule is NNC(=O)Cn1ncn(-c2ccccc2)c1=O. The fourth-order valence-electron chi connectivity index (χ4n) is 1.39. The molecule has 0 atom stereocenters. The lowest BCUT2D eigenvalue weighted by Gasteiger charge is -1.99. The van der Waals surface area contributed by atoms with Crippen molar-refractivity contribution in [2.24, 2.45) is 5.84 Å². The third kappa shape index (κ3) is 2.23. The zero-order valence-electron chi connectivity index (χ0n) is 8.91.